The molecule has 0 aliphatic heterocycles. The molecule has 2 N–H and O–H groups in total. The molecule has 0 radical (unpaired) electrons. The Morgan fingerprint density at radius 2 is 1.58 bits per heavy atom. The third-order valence-corrected chi connectivity index (χ3v) is 6.80. The summed E-state index contributed by atoms with van der Waals surface area (Å²) >= 11 is 0. The molecule has 5 saturated carbocycles. The SMILES string of the molecule is CC(NCC(O)C1CC1)C12CC3CC(CC(C3)C1)C2. The van der Waals surface area contributed by atoms with Gasteiger partial charge in [0.1, 0.15) is 0 Å². The van der Waals surface area contributed by atoms with Gasteiger partial charge in [0.15, 0.2) is 0 Å². The first-order valence-corrected chi connectivity index (χ1v) is 8.56. The molecule has 2 unspecified atom stereocenters. The van der Waals surface area contributed by atoms with Gasteiger partial charge in [0.2, 0.25) is 0 Å². The van der Waals surface area contributed by atoms with Gasteiger partial charge in [-0.1, -0.05) is 0 Å². The van der Waals surface area contributed by atoms with Crippen molar-refractivity contribution in [2.24, 2.45) is 29.1 Å². The second-order valence-electron chi connectivity index (χ2n) is 8.31. The fourth-order valence-electron chi connectivity index (χ4n) is 5.87. The lowest BCUT2D eigenvalue weighted by atomic mass is 9.48. The fourth-order valence-corrected chi connectivity index (χ4v) is 5.87. The standard InChI is InChI=1S/C17H29NO/c1-11(18-10-16(19)15-2-3-15)17-7-12-4-13(8-17)6-14(5-12)9-17/h11-16,18-19H,2-10H2,1H3. The van der Waals surface area contributed by atoms with Crippen LogP contribution in [0.1, 0.15) is 58.3 Å². The van der Waals surface area contributed by atoms with Crippen LogP contribution in [0.5, 0.6) is 0 Å². The van der Waals surface area contributed by atoms with Crippen molar-refractivity contribution >= 4 is 0 Å². The maximum Gasteiger partial charge on any atom is 0.0692 e. The lowest BCUT2D eigenvalue weighted by Crippen LogP contribution is -2.55. The van der Waals surface area contributed by atoms with E-state index < -0.39 is 0 Å². The van der Waals surface area contributed by atoms with E-state index in [0.29, 0.717) is 17.4 Å². The number of rotatable bonds is 5. The number of hydrogen-bond acceptors (Lipinski definition) is 2. The molecule has 2 nitrogen and oxygen atoms in total. The second-order valence-corrected chi connectivity index (χ2v) is 8.31. The zero-order valence-electron chi connectivity index (χ0n) is 12.3. The predicted octanol–water partition coefficient (Wildman–Crippen LogP) is 2.95. The minimum absolute atomic E-state index is 0.0867. The predicted molar refractivity (Wildman–Crippen MR) is 76.8 cm³/mol. The van der Waals surface area contributed by atoms with Gasteiger partial charge >= 0.3 is 0 Å². The van der Waals surface area contributed by atoms with E-state index in [9.17, 15) is 5.11 Å². The molecule has 5 aliphatic carbocycles. The Kier molecular flexibility index (Phi) is 2.97. The number of hydrogen-bond donors (Lipinski definition) is 2. The monoisotopic (exact) mass is 263 g/mol. The van der Waals surface area contributed by atoms with E-state index in [2.05, 4.69) is 12.2 Å². The van der Waals surface area contributed by atoms with Gasteiger partial charge in [0.05, 0.1) is 6.10 Å². The van der Waals surface area contributed by atoms with Crippen LogP contribution in [0.3, 0.4) is 0 Å². The van der Waals surface area contributed by atoms with Crippen molar-refractivity contribution in [3.05, 3.63) is 0 Å². The number of aliphatic hydroxyl groups excluding tert-OH is 1. The van der Waals surface area contributed by atoms with Crippen molar-refractivity contribution in [1.82, 2.24) is 5.32 Å². The van der Waals surface area contributed by atoms with Gasteiger partial charge in [-0.05, 0) is 87.4 Å². The van der Waals surface area contributed by atoms with Crippen LogP contribution in [-0.2, 0) is 0 Å². The van der Waals surface area contributed by atoms with Gasteiger partial charge in [-0.15, -0.1) is 0 Å². The van der Waals surface area contributed by atoms with E-state index in [-0.39, 0.29) is 6.10 Å². The molecule has 0 amide bonds. The molecule has 0 heterocycles. The third kappa shape index (κ3) is 2.25. The van der Waals surface area contributed by atoms with E-state index >= 15 is 0 Å². The zero-order chi connectivity index (χ0) is 13.0. The molecular weight excluding hydrogens is 234 g/mol. The van der Waals surface area contributed by atoms with Crippen molar-refractivity contribution in [2.45, 2.75) is 70.4 Å². The van der Waals surface area contributed by atoms with E-state index in [4.69, 9.17) is 0 Å². The molecule has 5 rings (SSSR count). The molecule has 0 aromatic carbocycles. The zero-order valence-corrected chi connectivity index (χ0v) is 12.3. The van der Waals surface area contributed by atoms with Gasteiger partial charge in [-0.2, -0.15) is 0 Å². The lowest BCUT2D eigenvalue weighted by Gasteiger charge is -2.59. The van der Waals surface area contributed by atoms with Gasteiger partial charge < -0.3 is 10.4 Å². The highest BCUT2D eigenvalue weighted by atomic mass is 16.3. The van der Waals surface area contributed by atoms with Crippen LogP contribution in [-0.4, -0.2) is 23.8 Å². The first-order valence-electron chi connectivity index (χ1n) is 8.56. The second kappa shape index (κ2) is 4.46. The number of nitrogens with one attached hydrogen (secondary N) is 1. The van der Waals surface area contributed by atoms with Crippen molar-refractivity contribution < 1.29 is 5.11 Å². The Morgan fingerprint density at radius 3 is 2.05 bits per heavy atom. The van der Waals surface area contributed by atoms with E-state index in [1.807, 2.05) is 0 Å². The van der Waals surface area contributed by atoms with E-state index in [0.717, 1.165) is 24.3 Å². The molecule has 0 saturated heterocycles. The molecule has 5 fully saturated rings. The van der Waals surface area contributed by atoms with Crippen molar-refractivity contribution in [2.75, 3.05) is 6.54 Å². The van der Waals surface area contributed by atoms with Crippen LogP contribution in [0.15, 0.2) is 0 Å². The summed E-state index contributed by atoms with van der Waals surface area (Å²) in [4.78, 5) is 0. The first kappa shape index (κ1) is 12.6. The summed E-state index contributed by atoms with van der Waals surface area (Å²) in [6.07, 6.45) is 11.4. The molecule has 5 aliphatic rings. The maximum absolute atomic E-state index is 10.1. The van der Waals surface area contributed by atoms with E-state index in [1.165, 1.54) is 51.4 Å². The fraction of sp³-hybridized carbons (Fsp3) is 1.00. The average Bonchev–Trinajstić information content (AvgIpc) is 3.18. The number of aliphatic hydroxyl groups is 1. The molecule has 0 spiro atoms. The van der Waals surface area contributed by atoms with Crippen LogP contribution in [0.4, 0.5) is 0 Å². The van der Waals surface area contributed by atoms with Gasteiger partial charge in [-0.3, -0.25) is 0 Å². The van der Waals surface area contributed by atoms with Gasteiger partial charge in [0.25, 0.3) is 0 Å². The first-order chi connectivity index (χ1) is 9.14. The topological polar surface area (TPSA) is 32.3 Å². The molecule has 0 aromatic heterocycles. The summed E-state index contributed by atoms with van der Waals surface area (Å²) < 4.78 is 0. The molecule has 2 heteroatoms. The summed E-state index contributed by atoms with van der Waals surface area (Å²) in [5, 5.41) is 13.8. The van der Waals surface area contributed by atoms with Crippen molar-refractivity contribution in [1.29, 1.82) is 0 Å². The molecular formula is C17H29NO. The van der Waals surface area contributed by atoms with Crippen molar-refractivity contribution in [3.63, 3.8) is 0 Å². The minimum Gasteiger partial charge on any atom is -0.392 e. The summed E-state index contributed by atoms with van der Waals surface area (Å²) in [6.45, 7) is 3.22. The Bertz CT molecular complexity index is 314. The largest absolute Gasteiger partial charge is 0.392 e. The normalized spacial score (nSPS) is 47.4. The third-order valence-electron chi connectivity index (χ3n) is 6.80. The molecule has 108 valence electrons. The van der Waals surface area contributed by atoms with Crippen LogP contribution >= 0.6 is 0 Å². The average molecular weight is 263 g/mol. The Hall–Kier alpha value is -0.0800. The van der Waals surface area contributed by atoms with Crippen molar-refractivity contribution in [3.8, 4) is 0 Å². The Balaban J connectivity index is 1.39. The van der Waals surface area contributed by atoms with Crippen LogP contribution < -0.4 is 5.32 Å². The highest BCUT2D eigenvalue weighted by Gasteiger charge is 2.53. The summed E-state index contributed by atoms with van der Waals surface area (Å²) in [5.41, 5.74) is 0.581. The quantitative estimate of drug-likeness (QED) is 0.799. The van der Waals surface area contributed by atoms with Gasteiger partial charge in [-0.25, -0.2) is 0 Å². The van der Waals surface area contributed by atoms with Crippen LogP contribution in [0, 0.1) is 29.1 Å². The highest BCUT2D eigenvalue weighted by Crippen LogP contribution is 2.61. The Morgan fingerprint density at radius 1 is 1.05 bits per heavy atom. The molecule has 2 atom stereocenters. The summed E-state index contributed by atoms with van der Waals surface area (Å²) in [6, 6.07) is 0.606. The molecule has 19 heavy (non-hydrogen) atoms. The van der Waals surface area contributed by atoms with Crippen LogP contribution in [0.25, 0.3) is 0 Å². The smallest absolute Gasteiger partial charge is 0.0692 e. The molecule has 4 bridgehead atoms. The van der Waals surface area contributed by atoms with Gasteiger partial charge in [0, 0.05) is 12.6 Å². The minimum atomic E-state index is -0.0867. The maximum atomic E-state index is 10.1. The highest BCUT2D eigenvalue weighted by molar-refractivity contribution is 5.05. The van der Waals surface area contributed by atoms with Crippen LogP contribution in [0.2, 0.25) is 0 Å². The van der Waals surface area contributed by atoms with E-state index in [1.54, 1.807) is 0 Å². The molecule has 0 aromatic rings. The summed E-state index contributed by atoms with van der Waals surface area (Å²) in [7, 11) is 0. The Labute approximate surface area is 117 Å². The summed E-state index contributed by atoms with van der Waals surface area (Å²) in [5.74, 6) is 3.70. The lowest BCUT2D eigenvalue weighted by molar-refractivity contribution is -0.0717.